The molecular weight excluding hydrogens is 196 g/mol. The summed E-state index contributed by atoms with van der Waals surface area (Å²) in [5.41, 5.74) is 2.80. The Kier molecular flexibility index (Phi) is 2.81. The molecule has 0 saturated carbocycles. The molecule has 0 amide bonds. The van der Waals surface area contributed by atoms with Crippen LogP contribution in [0, 0.1) is 17.3 Å². The Balaban J connectivity index is 2.20. The number of allylic oxidation sites excluding steroid dienone is 4. The van der Waals surface area contributed by atoms with E-state index in [1.165, 1.54) is 12.0 Å². The minimum Gasteiger partial charge on any atom is -0.295 e. The molecule has 0 aliphatic heterocycles. The molecule has 0 saturated heterocycles. The van der Waals surface area contributed by atoms with Gasteiger partial charge < -0.3 is 0 Å². The van der Waals surface area contributed by atoms with Gasteiger partial charge in [0.25, 0.3) is 0 Å². The van der Waals surface area contributed by atoms with E-state index in [1.54, 1.807) is 0 Å². The van der Waals surface area contributed by atoms with Gasteiger partial charge in [-0.2, -0.15) is 0 Å². The summed E-state index contributed by atoms with van der Waals surface area (Å²) in [5, 5.41) is 0. The summed E-state index contributed by atoms with van der Waals surface area (Å²) < 4.78 is 0. The maximum Gasteiger partial charge on any atom is 0.158 e. The van der Waals surface area contributed by atoms with Crippen LogP contribution in [-0.2, 0) is 4.79 Å². The Morgan fingerprint density at radius 2 is 2.00 bits per heavy atom. The molecule has 0 bridgehead atoms. The average molecular weight is 218 g/mol. The van der Waals surface area contributed by atoms with Gasteiger partial charge in [0.2, 0.25) is 0 Å². The largest absolute Gasteiger partial charge is 0.295 e. The van der Waals surface area contributed by atoms with Crippen molar-refractivity contribution >= 4 is 5.78 Å². The Labute approximate surface area is 98.6 Å². The molecule has 2 aliphatic carbocycles. The molecule has 2 aliphatic rings. The Bertz CT molecular complexity index is 371. The minimum atomic E-state index is 0.307. The normalized spacial score (nSPS) is 33.6. The second-order valence-electron chi connectivity index (χ2n) is 5.93. The van der Waals surface area contributed by atoms with Crippen molar-refractivity contribution in [3.63, 3.8) is 0 Å². The van der Waals surface area contributed by atoms with Crippen molar-refractivity contribution in [1.82, 2.24) is 0 Å². The second kappa shape index (κ2) is 3.87. The summed E-state index contributed by atoms with van der Waals surface area (Å²) in [6, 6.07) is 0. The third kappa shape index (κ3) is 1.77. The van der Waals surface area contributed by atoms with Crippen LogP contribution in [0.1, 0.15) is 47.0 Å². The van der Waals surface area contributed by atoms with Gasteiger partial charge in [0.1, 0.15) is 0 Å². The SMILES string of the molecule is CC1=CC([C@H]2CC=C(C)C2(C)C)CCC1=O. The van der Waals surface area contributed by atoms with Gasteiger partial charge in [-0.1, -0.05) is 31.6 Å². The standard InChI is InChI=1S/C15H22O/c1-10-9-12(6-8-14(10)16)13-7-5-11(2)15(13,3)4/h5,9,12-13H,6-8H2,1-4H3/t12?,13-/m1/s1. The second-order valence-corrected chi connectivity index (χ2v) is 5.93. The van der Waals surface area contributed by atoms with E-state index >= 15 is 0 Å². The highest BCUT2D eigenvalue weighted by atomic mass is 16.1. The highest BCUT2D eigenvalue weighted by molar-refractivity contribution is 5.95. The lowest BCUT2D eigenvalue weighted by Crippen LogP contribution is -2.29. The summed E-state index contributed by atoms with van der Waals surface area (Å²) in [6.45, 7) is 8.90. The summed E-state index contributed by atoms with van der Waals surface area (Å²) in [7, 11) is 0. The smallest absolute Gasteiger partial charge is 0.158 e. The fourth-order valence-electron chi connectivity index (χ4n) is 3.17. The maximum absolute atomic E-state index is 11.5. The predicted octanol–water partition coefficient (Wildman–Crippen LogP) is 3.90. The summed E-state index contributed by atoms with van der Waals surface area (Å²) >= 11 is 0. The fraction of sp³-hybridized carbons (Fsp3) is 0.667. The molecule has 0 aromatic rings. The quantitative estimate of drug-likeness (QED) is 0.610. The van der Waals surface area contributed by atoms with Crippen LogP contribution in [0.2, 0.25) is 0 Å². The number of hydrogen-bond acceptors (Lipinski definition) is 1. The van der Waals surface area contributed by atoms with Crippen LogP contribution in [0.4, 0.5) is 0 Å². The Morgan fingerprint density at radius 3 is 2.50 bits per heavy atom. The van der Waals surface area contributed by atoms with E-state index < -0.39 is 0 Å². The van der Waals surface area contributed by atoms with Crippen molar-refractivity contribution in [1.29, 1.82) is 0 Å². The van der Waals surface area contributed by atoms with Gasteiger partial charge in [-0.15, -0.1) is 0 Å². The minimum absolute atomic E-state index is 0.307. The number of hydrogen-bond donors (Lipinski definition) is 0. The number of Topliss-reactive ketones (excluding diaryl/α,β-unsaturated/α-hetero) is 1. The van der Waals surface area contributed by atoms with Gasteiger partial charge in [0, 0.05) is 6.42 Å². The monoisotopic (exact) mass is 218 g/mol. The van der Waals surface area contributed by atoms with E-state index in [0.29, 0.717) is 23.0 Å². The van der Waals surface area contributed by atoms with Crippen LogP contribution in [-0.4, -0.2) is 5.78 Å². The number of carbonyl (C=O) groups excluding carboxylic acids is 1. The van der Waals surface area contributed by atoms with Crippen molar-refractivity contribution in [3.8, 4) is 0 Å². The molecule has 0 aromatic heterocycles. The molecule has 0 spiro atoms. The summed E-state index contributed by atoms with van der Waals surface area (Å²) in [6.07, 6.45) is 7.58. The van der Waals surface area contributed by atoms with Crippen LogP contribution in [0.5, 0.6) is 0 Å². The zero-order chi connectivity index (χ0) is 11.9. The van der Waals surface area contributed by atoms with Gasteiger partial charge in [0.15, 0.2) is 5.78 Å². The molecule has 1 unspecified atom stereocenters. The lowest BCUT2D eigenvalue weighted by molar-refractivity contribution is -0.116. The van der Waals surface area contributed by atoms with E-state index in [1.807, 2.05) is 6.92 Å². The first kappa shape index (κ1) is 11.6. The fourth-order valence-corrected chi connectivity index (χ4v) is 3.17. The van der Waals surface area contributed by atoms with Crippen LogP contribution in [0.3, 0.4) is 0 Å². The first-order valence-electron chi connectivity index (χ1n) is 6.32. The lowest BCUT2D eigenvalue weighted by atomic mass is 9.68. The van der Waals surface area contributed by atoms with Crippen molar-refractivity contribution < 1.29 is 4.79 Å². The molecule has 1 nitrogen and oxygen atoms in total. The first-order chi connectivity index (χ1) is 7.43. The Hall–Kier alpha value is -0.850. The van der Waals surface area contributed by atoms with Crippen molar-refractivity contribution in [2.75, 3.05) is 0 Å². The van der Waals surface area contributed by atoms with Gasteiger partial charge >= 0.3 is 0 Å². The van der Waals surface area contributed by atoms with Crippen molar-refractivity contribution in [3.05, 3.63) is 23.3 Å². The van der Waals surface area contributed by atoms with Crippen LogP contribution < -0.4 is 0 Å². The highest BCUT2D eigenvalue weighted by Crippen LogP contribution is 2.49. The van der Waals surface area contributed by atoms with Crippen molar-refractivity contribution in [2.45, 2.75) is 47.0 Å². The van der Waals surface area contributed by atoms with Gasteiger partial charge in [-0.3, -0.25) is 4.79 Å². The molecule has 2 atom stereocenters. The van der Waals surface area contributed by atoms with E-state index in [0.717, 1.165) is 18.4 Å². The van der Waals surface area contributed by atoms with Gasteiger partial charge in [0.05, 0.1) is 0 Å². The highest BCUT2D eigenvalue weighted by Gasteiger charge is 2.39. The van der Waals surface area contributed by atoms with Crippen LogP contribution in [0.15, 0.2) is 23.3 Å². The number of ketones is 1. The maximum atomic E-state index is 11.5. The molecule has 2 rings (SSSR count). The molecule has 0 fully saturated rings. The first-order valence-corrected chi connectivity index (χ1v) is 6.32. The van der Waals surface area contributed by atoms with E-state index in [-0.39, 0.29) is 0 Å². The topological polar surface area (TPSA) is 17.1 Å². The van der Waals surface area contributed by atoms with Crippen LogP contribution in [0.25, 0.3) is 0 Å². The molecule has 0 N–H and O–H groups in total. The Morgan fingerprint density at radius 1 is 1.31 bits per heavy atom. The lowest BCUT2D eigenvalue weighted by Gasteiger charge is -2.36. The van der Waals surface area contributed by atoms with E-state index in [9.17, 15) is 4.79 Å². The summed E-state index contributed by atoms with van der Waals surface area (Å²) in [5.74, 6) is 1.63. The number of carbonyl (C=O) groups is 1. The van der Waals surface area contributed by atoms with Crippen molar-refractivity contribution in [2.24, 2.45) is 17.3 Å². The van der Waals surface area contributed by atoms with E-state index in [4.69, 9.17) is 0 Å². The zero-order valence-corrected chi connectivity index (χ0v) is 10.8. The van der Waals surface area contributed by atoms with E-state index in [2.05, 4.69) is 32.9 Å². The third-order valence-corrected chi connectivity index (χ3v) is 4.75. The van der Waals surface area contributed by atoms with Gasteiger partial charge in [-0.05, 0) is 49.5 Å². The van der Waals surface area contributed by atoms with Gasteiger partial charge in [-0.25, -0.2) is 0 Å². The molecular formula is C15H22O. The zero-order valence-electron chi connectivity index (χ0n) is 10.8. The summed E-state index contributed by atoms with van der Waals surface area (Å²) in [4.78, 5) is 11.5. The molecule has 0 heterocycles. The molecule has 1 heteroatoms. The molecule has 0 radical (unpaired) electrons. The number of rotatable bonds is 1. The molecule has 88 valence electrons. The van der Waals surface area contributed by atoms with Crippen LogP contribution >= 0.6 is 0 Å². The molecule has 0 aromatic carbocycles. The average Bonchev–Trinajstić information content (AvgIpc) is 2.47. The molecule has 16 heavy (non-hydrogen) atoms. The predicted molar refractivity (Wildman–Crippen MR) is 67.1 cm³/mol. The third-order valence-electron chi connectivity index (χ3n) is 4.75.